The van der Waals surface area contributed by atoms with Crippen LogP contribution < -0.4 is 0 Å². The largest absolute Gasteiger partial charge is 0.390 e. The molecule has 0 radical (unpaired) electrons. The van der Waals surface area contributed by atoms with Crippen LogP contribution in [0.3, 0.4) is 0 Å². The predicted molar refractivity (Wildman–Crippen MR) is 66.5 cm³/mol. The zero-order chi connectivity index (χ0) is 12.0. The van der Waals surface area contributed by atoms with Crippen molar-refractivity contribution in [1.29, 1.82) is 0 Å². The van der Waals surface area contributed by atoms with Gasteiger partial charge in [0, 0.05) is 13.1 Å². The predicted octanol–water partition coefficient (Wildman–Crippen LogP) is 1.89. The summed E-state index contributed by atoms with van der Waals surface area (Å²) in [6.07, 6.45) is 2.92. The van der Waals surface area contributed by atoms with Gasteiger partial charge in [0.15, 0.2) is 0 Å². The Morgan fingerprint density at radius 3 is 2.75 bits per heavy atom. The van der Waals surface area contributed by atoms with E-state index >= 15 is 0 Å². The second kappa shape index (κ2) is 7.25. The molecule has 1 fully saturated rings. The van der Waals surface area contributed by atoms with E-state index in [1.807, 2.05) is 0 Å². The summed E-state index contributed by atoms with van der Waals surface area (Å²) in [5.74, 6) is 0.728. The number of hydrogen-bond donors (Lipinski definition) is 1. The van der Waals surface area contributed by atoms with Crippen molar-refractivity contribution in [2.45, 2.75) is 52.2 Å². The van der Waals surface area contributed by atoms with Gasteiger partial charge in [0.1, 0.15) is 0 Å². The van der Waals surface area contributed by atoms with Gasteiger partial charge in [-0.1, -0.05) is 33.6 Å². The first-order valence-corrected chi connectivity index (χ1v) is 6.65. The minimum atomic E-state index is -0.284. The highest BCUT2D eigenvalue weighted by molar-refractivity contribution is 4.77. The fourth-order valence-corrected chi connectivity index (χ4v) is 2.17. The number of rotatable bonds is 6. The second-order valence-corrected chi connectivity index (χ2v) is 5.19. The zero-order valence-electron chi connectivity index (χ0n) is 11.0. The third-order valence-electron chi connectivity index (χ3n) is 3.34. The van der Waals surface area contributed by atoms with E-state index in [4.69, 9.17) is 4.74 Å². The molecule has 0 spiro atoms. The number of aliphatic hydroxyl groups is 1. The number of hydrogen-bond acceptors (Lipinski definition) is 3. The van der Waals surface area contributed by atoms with E-state index in [2.05, 4.69) is 25.7 Å². The molecule has 1 aliphatic rings. The number of nitrogens with zero attached hydrogens (tertiary/aromatic N) is 1. The summed E-state index contributed by atoms with van der Waals surface area (Å²) in [7, 11) is 0. The number of ether oxygens (including phenoxy) is 1. The van der Waals surface area contributed by atoms with E-state index < -0.39 is 0 Å². The van der Waals surface area contributed by atoms with Crippen molar-refractivity contribution in [3.05, 3.63) is 0 Å². The van der Waals surface area contributed by atoms with Gasteiger partial charge in [-0.05, 0) is 18.9 Å². The van der Waals surface area contributed by atoms with Crippen LogP contribution in [0, 0.1) is 5.92 Å². The molecule has 1 saturated heterocycles. The van der Waals surface area contributed by atoms with Crippen LogP contribution in [0.1, 0.15) is 40.0 Å². The van der Waals surface area contributed by atoms with Gasteiger partial charge in [0.05, 0.1) is 18.8 Å². The molecule has 0 amide bonds. The quantitative estimate of drug-likeness (QED) is 0.755. The number of likely N-dealkylation sites (N-methyl/N-ethyl adjacent to an activating group) is 1. The van der Waals surface area contributed by atoms with E-state index in [9.17, 15) is 5.11 Å². The highest BCUT2D eigenvalue weighted by Gasteiger charge is 2.25. The van der Waals surface area contributed by atoms with Crippen LogP contribution in [0.25, 0.3) is 0 Å². The van der Waals surface area contributed by atoms with Gasteiger partial charge in [-0.2, -0.15) is 0 Å². The molecular weight excluding hydrogens is 202 g/mol. The number of aliphatic hydroxyl groups excluding tert-OH is 1. The smallest absolute Gasteiger partial charge is 0.0960 e. The molecular formula is C13H27NO2. The molecule has 0 aromatic carbocycles. The first-order valence-electron chi connectivity index (χ1n) is 6.65. The van der Waals surface area contributed by atoms with Crippen molar-refractivity contribution in [1.82, 2.24) is 4.90 Å². The highest BCUT2D eigenvalue weighted by Crippen LogP contribution is 2.15. The van der Waals surface area contributed by atoms with Gasteiger partial charge in [0.2, 0.25) is 0 Å². The van der Waals surface area contributed by atoms with E-state index in [1.165, 1.54) is 6.42 Å². The summed E-state index contributed by atoms with van der Waals surface area (Å²) in [6.45, 7) is 10.3. The van der Waals surface area contributed by atoms with Crippen molar-refractivity contribution in [2.75, 3.05) is 26.2 Å². The van der Waals surface area contributed by atoms with E-state index in [1.54, 1.807) is 0 Å². The molecule has 1 heterocycles. The maximum absolute atomic E-state index is 10.0. The summed E-state index contributed by atoms with van der Waals surface area (Å²) in [4.78, 5) is 2.35. The fraction of sp³-hybridized carbons (Fsp3) is 1.00. The molecule has 2 atom stereocenters. The van der Waals surface area contributed by atoms with Gasteiger partial charge in [-0.3, -0.25) is 4.90 Å². The molecule has 0 bridgehead atoms. The van der Waals surface area contributed by atoms with Gasteiger partial charge < -0.3 is 9.84 Å². The zero-order valence-corrected chi connectivity index (χ0v) is 11.0. The van der Waals surface area contributed by atoms with Gasteiger partial charge >= 0.3 is 0 Å². The molecule has 2 unspecified atom stereocenters. The lowest BCUT2D eigenvalue weighted by atomic mass is 10.0. The summed E-state index contributed by atoms with van der Waals surface area (Å²) < 4.78 is 5.64. The lowest BCUT2D eigenvalue weighted by molar-refractivity contribution is -0.0898. The topological polar surface area (TPSA) is 32.7 Å². The molecule has 0 aromatic heterocycles. The maximum atomic E-state index is 10.0. The Hall–Kier alpha value is -0.120. The Morgan fingerprint density at radius 1 is 1.38 bits per heavy atom. The SMILES string of the molecule is CCN1CCOC(C(O)CCCC(C)C)C1. The number of morpholine rings is 1. The first-order chi connectivity index (χ1) is 7.63. The van der Waals surface area contributed by atoms with Crippen LogP contribution in [0.5, 0.6) is 0 Å². The highest BCUT2D eigenvalue weighted by atomic mass is 16.5. The van der Waals surface area contributed by atoms with E-state index in [0.29, 0.717) is 0 Å². The van der Waals surface area contributed by atoms with Crippen LogP contribution in [-0.4, -0.2) is 48.5 Å². The van der Waals surface area contributed by atoms with Gasteiger partial charge in [0.25, 0.3) is 0 Å². The van der Waals surface area contributed by atoms with Crippen molar-refractivity contribution in [3.8, 4) is 0 Å². The third-order valence-corrected chi connectivity index (χ3v) is 3.34. The van der Waals surface area contributed by atoms with E-state index in [-0.39, 0.29) is 12.2 Å². The van der Waals surface area contributed by atoms with Crippen LogP contribution in [0.2, 0.25) is 0 Å². The van der Waals surface area contributed by atoms with Crippen molar-refractivity contribution >= 4 is 0 Å². The minimum Gasteiger partial charge on any atom is -0.390 e. The molecule has 0 aliphatic carbocycles. The average molecular weight is 229 g/mol. The van der Waals surface area contributed by atoms with Crippen LogP contribution in [0.15, 0.2) is 0 Å². The Labute approximate surface area is 99.8 Å². The molecule has 0 saturated carbocycles. The normalized spacial score (nSPS) is 24.9. The Bertz CT molecular complexity index is 185. The summed E-state index contributed by atoms with van der Waals surface area (Å²) in [5.41, 5.74) is 0. The van der Waals surface area contributed by atoms with Gasteiger partial charge in [-0.25, -0.2) is 0 Å². The molecule has 0 aromatic rings. The Morgan fingerprint density at radius 2 is 2.12 bits per heavy atom. The molecule has 96 valence electrons. The summed E-state index contributed by atoms with van der Waals surface area (Å²) in [6, 6.07) is 0. The summed E-state index contributed by atoms with van der Waals surface area (Å²) in [5, 5.41) is 10.0. The fourth-order valence-electron chi connectivity index (χ4n) is 2.17. The van der Waals surface area contributed by atoms with Crippen molar-refractivity contribution < 1.29 is 9.84 Å². The maximum Gasteiger partial charge on any atom is 0.0960 e. The first kappa shape index (κ1) is 13.9. The van der Waals surface area contributed by atoms with Gasteiger partial charge in [-0.15, -0.1) is 0 Å². The van der Waals surface area contributed by atoms with Crippen LogP contribution >= 0.6 is 0 Å². The van der Waals surface area contributed by atoms with Crippen LogP contribution in [-0.2, 0) is 4.74 Å². The van der Waals surface area contributed by atoms with Crippen LogP contribution in [0.4, 0.5) is 0 Å². The Kier molecular flexibility index (Phi) is 6.32. The molecule has 1 aliphatic heterocycles. The lowest BCUT2D eigenvalue weighted by Crippen LogP contribution is -2.47. The molecule has 3 heteroatoms. The van der Waals surface area contributed by atoms with Crippen molar-refractivity contribution in [3.63, 3.8) is 0 Å². The second-order valence-electron chi connectivity index (χ2n) is 5.19. The average Bonchev–Trinajstić information content (AvgIpc) is 2.28. The standard InChI is InChI=1S/C13H27NO2/c1-4-14-8-9-16-13(10-14)12(15)7-5-6-11(2)3/h11-13,15H,4-10H2,1-3H3. The molecule has 1 rings (SSSR count). The Balaban J connectivity index is 2.21. The monoisotopic (exact) mass is 229 g/mol. The third kappa shape index (κ3) is 4.81. The molecule has 1 N–H and O–H groups in total. The molecule has 3 nitrogen and oxygen atoms in total. The minimum absolute atomic E-state index is 0.0286. The molecule has 16 heavy (non-hydrogen) atoms. The van der Waals surface area contributed by atoms with E-state index in [0.717, 1.165) is 45.0 Å². The lowest BCUT2D eigenvalue weighted by Gasteiger charge is -2.34. The van der Waals surface area contributed by atoms with Crippen molar-refractivity contribution in [2.24, 2.45) is 5.92 Å². The summed E-state index contributed by atoms with van der Waals surface area (Å²) >= 11 is 0.